The number of nitrogens with one attached hydrogen (secondary N) is 1. The number of anilines is 1. The zero-order valence-electron chi connectivity index (χ0n) is 11.2. The molecule has 0 radical (unpaired) electrons. The number of rotatable bonds is 5. The summed E-state index contributed by atoms with van der Waals surface area (Å²) < 4.78 is 1.82. The molecule has 0 bridgehead atoms. The number of carbonyl (C=O) groups is 1. The van der Waals surface area contributed by atoms with Gasteiger partial charge in [0.05, 0.1) is 5.69 Å². The second-order valence-corrected chi connectivity index (χ2v) is 4.43. The summed E-state index contributed by atoms with van der Waals surface area (Å²) >= 11 is 0. The Morgan fingerprint density at radius 1 is 1.47 bits per heavy atom. The Balaban J connectivity index is 2.09. The lowest BCUT2D eigenvalue weighted by Crippen LogP contribution is -2.11. The van der Waals surface area contributed by atoms with E-state index in [0.717, 1.165) is 23.4 Å². The molecule has 1 amide bonds. The van der Waals surface area contributed by atoms with Gasteiger partial charge in [-0.25, -0.2) is 0 Å². The van der Waals surface area contributed by atoms with E-state index in [1.807, 2.05) is 30.1 Å². The molecule has 0 atom stereocenters. The number of amides is 1. The minimum Gasteiger partial charge on any atom is -0.381 e. The number of hydrogen-bond acceptors (Lipinski definition) is 3. The predicted molar refractivity (Wildman–Crippen MR) is 74.9 cm³/mol. The van der Waals surface area contributed by atoms with Crippen molar-refractivity contribution in [3.8, 4) is 0 Å². The van der Waals surface area contributed by atoms with E-state index in [-0.39, 0.29) is 0 Å². The van der Waals surface area contributed by atoms with Gasteiger partial charge in [-0.2, -0.15) is 5.10 Å². The second-order valence-electron chi connectivity index (χ2n) is 4.43. The maximum atomic E-state index is 11.1. The van der Waals surface area contributed by atoms with Crippen LogP contribution in [-0.4, -0.2) is 15.7 Å². The number of aryl methyl sites for hydroxylation is 2. The average molecular weight is 258 g/mol. The molecule has 100 valence electrons. The average Bonchev–Trinajstić information content (AvgIpc) is 2.77. The van der Waals surface area contributed by atoms with Gasteiger partial charge in [0.25, 0.3) is 0 Å². The molecule has 0 aliphatic rings. The molecule has 19 heavy (non-hydrogen) atoms. The Bertz CT molecular complexity index is 589. The minimum atomic E-state index is -0.417. The molecule has 3 N–H and O–H groups in total. The Morgan fingerprint density at radius 3 is 2.95 bits per heavy atom. The highest BCUT2D eigenvalue weighted by Gasteiger charge is 2.06. The number of nitrogens with two attached hydrogens (primary N) is 1. The summed E-state index contributed by atoms with van der Waals surface area (Å²) in [7, 11) is 1.91. The van der Waals surface area contributed by atoms with Crippen LogP contribution in [-0.2, 0) is 20.0 Å². The molecule has 0 saturated carbocycles. The Labute approximate surface area is 112 Å². The fourth-order valence-electron chi connectivity index (χ4n) is 2.01. The highest BCUT2D eigenvalue weighted by Crippen LogP contribution is 2.13. The van der Waals surface area contributed by atoms with E-state index in [2.05, 4.69) is 17.3 Å². The van der Waals surface area contributed by atoms with Crippen LogP contribution in [0.5, 0.6) is 0 Å². The fourth-order valence-corrected chi connectivity index (χ4v) is 2.01. The number of benzene rings is 1. The molecule has 2 rings (SSSR count). The Hall–Kier alpha value is -2.30. The van der Waals surface area contributed by atoms with Crippen LogP contribution in [0.2, 0.25) is 0 Å². The van der Waals surface area contributed by atoms with Gasteiger partial charge in [-0.3, -0.25) is 9.48 Å². The van der Waals surface area contributed by atoms with Crippen LogP contribution in [0.4, 0.5) is 5.69 Å². The van der Waals surface area contributed by atoms with E-state index >= 15 is 0 Å². The normalized spacial score (nSPS) is 10.4. The van der Waals surface area contributed by atoms with E-state index in [4.69, 9.17) is 5.73 Å². The highest BCUT2D eigenvalue weighted by atomic mass is 16.1. The molecule has 2 aromatic rings. The van der Waals surface area contributed by atoms with E-state index < -0.39 is 5.91 Å². The van der Waals surface area contributed by atoms with Crippen LogP contribution < -0.4 is 11.1 Å². The quantitative estimate of drug-likeness (QED) is 0.857. The summed E-state index contributed by atoms with van der Waals surface area (Å²) in [5.41, 5.74) is 8.89. The van der Waals surface area contributed by atoms with Crippen molar-refractivity contribution in [1.29, 1.82) is 0 Å². The minimum absolute atomic E-state index is 0.417. The molecule has 0 unspecified atom stereocenters. The second kappa shape index (κ2) is 5.56. The Kier molecular flexibility index (Phi) is 3.85. The molecule has 1 aromatic carbocycles. The van der Waals surface area contributed by atoms with E-state index in [9.17, 15) is 4.79 Å². The predicted octanol–water partition coefficient (Wildman–Crippen LogP) is 1.69. The van der Waals surface area contributed by atoms with Crippen LogP contribution in [0.1, 0.15) is 28.5 Å². The smallest absolute Gasteiger partial charge is 0.248 e. The van der Waals surface area contributed by atoms with Gasteiger partial charge in [0.15, 0.2) is 0 Å². The lowest BCUT2D eigenvalue weighted by atomic mass is 10.1. The lowest BCUT2D eigenvalue weighted by molar-refractivity contribution is 0.100. The molecular weight excluding hydrogens is 240 g/mol. The maximum Gasteiger partial charge on any atom is 0.248 e. The zero-order valence-corrected chi connectivity index (χ0v) is 11.2. The molecule has 5 heteroatoms. The first-order chi connectivity index (χ1) is 9.10. The van der Waals surface area contributed by atoms with Crippen LogP contribution in [0.25, 0.3) is 0 Å². The summed E-state index contributed by atoms with van der Waals surface area (Å²) in [6.45, 7) is 2.76. The molecule has 0 aliphatic carbocycles. The zero-order chi connectivity index (χ0) is 13.8. The number of aromatic nitrogens is 2. The van der Waals surface area contributed by atoms with Crippen molar-refractivity contribution in [1.82, 2.24) is 9.78 Å². The van der Waals surface area contributed by atoms with Crippen LogP contribution in [0, 0.1) is 0 Å². The molecule has 5 nitrogen and oxygen atoms in total. The summed E-state index contributed by atoms with van der Waals surface area (Å²) in [6, 6.07) is 7.18. The third-order valence-electron chi connectivity index (χ3n) is 2.96. The van der Waals surface area contributed by atoms with Gasteiger partial charge in [-0.1, -0.05) is 13.0 Å². The highest BCUT2D eigenvalue weighted by molar-refractivity contribution is 5.93. The fraction of sp³-hybridized carbons (Fsp3) is 0.286. The standard InChI is InChI=1S/C14H18N4O/c1-3-13-11(9-18(2)17-13)8-16-12-6-4-5-10(7-12)14(15)19/h4-7,9,16H,3,8H2,1-2H3,(H2,15,19). The van der Waals surface area contributed by atoms with Crippen molar-refractivity contribution in [3.05, 3.63) is 47.3 Å². The first-order valence-corrected chi connectivity index (χ1v) is 6.25. The van der Waals surface area contributed by atoms with Crippen molar-refractivity contribution in [3.63, 3.8) is 0 Å². The SMILES string of the molecule is CCc1nn(C)cc1CNc1cccc(C(N)=O)c1. The Morgan fingerprint density at radius 2 is 2.26 bits per heavy atom. The van der Waals surface area contributed by atoms with Crippen LogP contribution in [0.15, 0.2) is 30.5 Å². The van der Waals surface area contributed by atoms with Crippen molar-refractivity contribution in [2.75, 3.05) is 5.32 Å². The largest absolute Gasteiger partial charge is 0.381 e. The van der Waals surface area contributed by atoms with Crippen molar-refractivity contribution < 1.29 is 4.79 Å². The van der Waals surface area contributed by atoms with Gasteiger partial charge in [-0.15, -0.1) is 0 Å². The van der Waals surface area contributed by atoms with Gasteiger partial charge in [0.1, 0.15) is 0 Å². The maximum absolute atomic E-state index is 11.1. The number of primary amides is 1. The van der Waals surface area contributed by atoms with Crippen LogP contribution in [0.3, 0.4) is 0 Å². The lowest BCUT2D eigenvalue weighted by Gasteiger charge is -2.07. The molecule has 0 aliphatic heterocycles. The van der Waals surface area contributed by atoms with Crippen molar-refractivity contribution in [2.45, 2.75) is 19.9 Å². The topological polar surface area (TPSA) is 72.9 Å². The van der Waals surface area contributed by atoms with E-state index in [0.29, 0.717) is 12.1 Å². The third kappa shape index (κ3) is 3.13. The molecule has 0 saturated heterocycles. The van der Waals surface area contributed by atoms with Crippen molar-refractivity contribution >= 4 is 11.6 Å². The molecule has 0 fully saturated rings. The van der Waals surface area contributed by atoms with Gasteiger partial charge in [0, 0.05) is 36.6 Å². The van der Waals surface area contributed by atoms with Crippen molar-refractivity contribution in [2.24, 2.45) is 12.8 Å². The first-order valence-electron chi connectivity index (χ1n) is 6.25. The first kappa shape index (κ1) is 13.1. The van der Waals surface area contributed by atoms with Gasteiger partial charge in [-0.05, 0) is 24.6 Å². The van der Waals surface area contributed by atoms with E-state index in [1.165, 1.54) is 0 Å². The molecule has 0 spiro atoms. The summed E-state index contributed by atoms with van der Waals surface area (Å²) in [5, 5.41) is 7.67. The summed E-state index contributed by atoms with van der Waals surface area (Å²) in [5.74, 6) is -0.417. The number of carbonyl (C=O) groups excluding carboxylic acids is 1. The van der Waals surface area contributed by atoms with E-state index in [1.54, 1.807) is 12.1 Å². The van der Waals surface area contributed by atoms with Gasteiger partial charge in [0.2, 0.25) is 5.91 Å². The third-order valence-corrected chi connectivity index (χ3v) is 2.96. The summed E-state index contributed by atoms with van der Waals surface area (Å²) in [4.78, 5) is 11.1. The molecular formula is C14H18N4O. The van der Waals surface area contributed by atoms with Gasteiger partial charge >= 0.3 is 0 Å². The number of nitrogens with zero attached hydrogens (tertiary/aromatic N) is 2. The molecule has 1 heterocycles. The molecule has 1 aromatic heterocycles. The summed E-state index contributed by atoms with van der Waals surface area (Å²) in [6.07, 6.45) is 2.91. The monoisotopic (exact) mass is 258 g/mol. The van der Waals surface area contributed by atoms with Gasteiger partial charge < -0.3 is 11.1 Å². The number of hydrogen-bond donors (Lipinski definition) is 2. The van der Waals surface area contributed by atoms with Crippen LogP contribution >= 0.6 is 0 Å².